The first-order valence-electron chi connectivity index (χ1n) is 10.1. The number of nitrogens with zero attached hydrogens (tertiary/aromatic N) is 3. The van der Waals surface area contributed by atoms with Crippen LogP contribution in [0.3, 0.4) is 0 Å². The Morgan fingerprint density at radius 3 is 2.42 bits per heavy atom. The number of halogens is 3. The van der Waals surface area contributed by atoms with E-state index in [1.807, 2.05) is 25.1 Å². The van der Waals surface area contributed by atoms with Crippen LogP contribution in [-0.4, -0.2) is 27.9 Å². The molecule has 0 aliphatic heterocycles. The van der Waals surface area contributed by atoms with Crippen molar-refractivity contribution in [1.29, 1.82) is 0 Å². The first-order valence-corrected chi connectivity index (χ1v) is 10.1. The molecule has 168 valence electrons. The molecule has 0 saturated heterocycles. The van der Waals surface area contributed by atoms with Gasteiger partial charge >= 0.3 is 6.18 Å². The van der Waals surface area contributed by atoms with Crippen LogP contribution in [0.1, 0.15) is 27.2 Å². The van der Waals surface area contributed by atoms with E-state index >= 15 is 0 Å². The number of carbonyl (C=O) groups excluding carboxylic acids is 1. The molecule has 1 aromatic carbocycles. The molecule has 4 aromatic rings. The zero-order valence-electron chi connectivity index (χ0n) is 18.1. The largest absolute Gasteiger partial charge is 0.416 e. The Kier molecular flexibility index (Phi) is 5.71. The maximum absolute atomic E-state index is 13.2. The molecule has 6 nitrogen and oxygen atoms in total. The number of fused-ring (bicyclic) bond motifs is 1. The minimum Gasteiger partial charge on any atom is -0.373 e. The van der Waals surface area contributed by atoms with Gasteiger partial charge in [0, 0.05) is 48.3 Å². The van der Waals surface area contributed by atoms with E-state index < -0.39 is 17.6 Å². The van der Waals surface area contributed by atoms with Gasteiger partial charge in [0.2, 0.25) is 0 Å². The van der Waals surface area contributed by atoms with Crippen LogP contribution >= 0.6 is 0 Å². The number of aryl methyl sites for hydroxylation is 2. The number of pyridine rings is 3. The summed E-state index contributed by atoms with van der Waals surface area (Å²) in [6.45, 7) is 3.22. The monoisotopic (exact) mass is 451 g/mol. The number of rotatable bonds is 4. The van der Waals surface area contributed by atoms with Gasteiger partial charge in [0.05, 0.1) is 11.1 Å². The summed E-state index contributed by atoms with van der Waals surface area (Å²) < 4.78 is 39.6. The number of amides is 1. The van der Waals surface area contributed by atoms with Crippen molar-refractivity contribution in [3.05, 3.63) is 77.4 Å². The van der Waals surface area contributed by atoms with Crippen LogP contribution in [0.2, 0.25) is 0 Å². The molecule has 0 saturated carbocycles. The predicted octanol–water partition coefficient (Wildman–Crippen LogP) is 5.62. The van der Waals surface area contributed by atoms with Gasteiger partial charge in [0.1, 0.15) is 11.5 Å². The van der Waals surface area contributed by atoms with Crippen molar-refractivity contribution in [2.45, 2.75) is 20.0 Å². The van der Waals surface area contributed by atoms with Gasteiger partial charge in [-0.05, 0) is 54.8 Å². The average molecular weight is 451 g/mol. The van der Waals surface area contributed by atoms with Crippen LogP contribution in [0.25, 0.3) is 22.0 Å². The Balaban J connectivity index is 1.64. The third-order valence-electron chi connectivity index (χ3n) is 5.27. The third-order valence-corrected chi connectivity index (χ3v) is 5.27. The fraction of sp³-hybridized carbons (Fsp3) is 0.167. The molecule has 0 fully saturated rings. The number of benzene rings is 1. The van der Waals surface area contributed by atoms with Crippen molar-refractivity contribution in [3.8, 4) is 11.1 Å². The second-order valence-electron chi connectivity index (χ2n) is 7.60. The highest BCUT2D eigenvalue weighted by molar-refractivity contribution is 6.03. The maximum atomic E-state index is 13.2. The molecule has 1 amide bonds. The van der Waals surface area contributed by atoms with Gasteiger partial charge in [0.25, 0.3) is 5.91 Å². The van der Waals surface area contributed by atoms with Crippen LogP contribution in [0, 0.1) is 13.8 Å². The highest BCUT2D eigenvalue weighted by Gasteiger charge is 2.33. The lowest BCUT2D eigenvalue weighted by Gasteiger charge is -2.13. The van der Waals surface area contributed by atoms with Crippen LogP contribution in [0.4, 0.5) is 24.7 Å². The Hall–Kier alpha value is -4.01. The number of carbonyl (C=O) groups is 1. The number of hydrogen-bond donors (Lipinski definition) is 2. The molecule has 0 radical (unpaired) electrons. The van der Waals surface area contributed by atoms with E-state index in [0.29, 0.717) is 11.5 Å². The number of hydrogen-bond acceptors (Lipinski definition) is 5. The Morgan fingerprint density at radius 2 is 1.70 bits per heavy atom. The quantitative estimate of drug-likeness (QED) is 0.421. The Bertz CT molecular complexity index is 1370. The van der Waals surface area contributed by atoms with E-state index in [4.69, 9.17) is 0 Å². The van der Waals surface area contributed by atoms with Crippen molar-refractivity contribution >= 4 is 28.3 Å². The predicted molar refractivity (Wildman–Crippen MR) is 121 cm³/mol. The van der Waals surface area contributed by atoms with Crippen LogP contribution < -0.4 is 10.6 Å². The summed E-state index contributed by atoms with van der Waals surface area (Å²) in [6, 6.07) is 9.81. The van der Waals surface area contributed by atoms with Crippen molar-refractivity contribution in [2.75, 3.05) is 17.7 Å². The lowest BCUT2D eigenvalue weighted by Crippen LogP contribution is -2.16. The standard InChI is InChI=1S/C24H20F3N5O/c1-13-4-5-17(32-23(33)21-8-19(24(25,26)27)14(2)10-29-21)7-18(13)15-6-16-12-31-22(28-3)9-20(16)30-11-15/h4-12H,1-3H3,(H,28,31)(H,32,33). The van der Waals surface area contributed by atoms with Crippen molar-refractivity contribution in [1.82, 2.24) is 15.0 Å². The molecular weight excluding hydrogens is 431 g/mol. The molecule has 3 heterocycles. The summed E-state index contributed by atoms with van der Waals surface area (Å²) in [7, 11) is 1.78. The molecule has 3 aromatic heterocycles. The minimum atomic E-state index is -4.56. The number of anilines is 2. The fourth-order valence-electron chi connectivity index (χ4n) is 3.47. The number of alkyl halides is 3. The SMILES string of the molecule is CNc1cc2ncc(-c3cc(NC(=O)c4cc(C(F)(F)F)c(C)cn4)ccc3C)cc2cn1. The molecule has 0 spiro atoms. The number of aromatic nitrogens is 3. The van der Waals surface area contributed by atoms with E-state index in [-0.39, 0.29) is 11.3 Å². The third kappa shape index (κ3) is 4.62. The van der Waals surface area contributed by atoms with Gasteiger partial charge in [-0.1, -0.05) is 6.07 Å². The summed E-state index contributed by atoms with van der Waals surface area (Å²) in [6.07, 6.45) is -0.0652. The van der Waals surface area contributed by atoms with Crippen LogP contribution in [0.15, 0.2) is 55.0 Å². The zero-order chi connectivity index (χ0) is 23.8. The maximum Gasteiger partial charge on any atom is 0.416 e. The van der Waals surface area contributed by atoms with Gasteiger partial charge < -0.3 is 10.6 Å². The minimum absolute atomic E-state index is 0.0446. The summed E-state index contributed by atoms with van der Waals surface area (Å²) in [5.41, 5.74) is 2.57. The van der Waals surface area contributed by atoms with Gasteiger partial charge in [-0.3, -0.25) is 14.8 Å². The molecule has 0 atom stereocenters. The van der Waals surface area contributed by atoms with Gasteiger partial charge in [-0.25, -0.2) is 4.98 Å². The van der Waals surface area contributed by atoms with E-state index in [9.17, 15) is 18.0 Å². The van der Waals surface area contributed by atoms with Crippen LogP contribution in [-0.2, 0) is 6.18 Å². The first kappa shape index (κ1) is 22.2. The summed E-state index contributed by atoms with van der Waals surface area (Å²) >= 11 is 0. The number of nitrogens with one attached hydrogen (secondary N) is 2. The average Bonchev–Trinajstić information content (AvgIpc) is 2.79. The second-order valence-corrected chi connectivity index (χ2v) is 7.60. The molecular formula is C24H20F3N5O. The zero-order valence-corrected chi connectivity index (χ0v) is 18.1. The lowest BCUT2D eigenvalue weighted by atomic mass is 10.00. The first-order chi connectivity index (χ1) is 15.7. The highest BCUT2D eigenvalue weighted by Crippen LogP contribution is 2.32. The van der Waals surface area contributed by atoms with Gasteiger partial charge in [0.15, 0.2) is 0 Å². The van der Waals surface area contributed by atoms with E-state index in [0.717, 1.165) is 39.9 Å². The molecule has 0 unspecified atom stereocenters. The van der Waals surface area contributed by atoms with E-state index in [1.165, 1.54) is 6.92 Å². The Morgan fingerprint density at radius 1 is 0.909 bits per heavy atom. The smallest absolute Gasteiger partial charge is 0.373 e. The fourth-order valence-corrected chi connectivity index (χ4v) is 3.47. The highest BCUT2D eigenvalue weighted by atomic mass is 19.4. The summed E-state index contributed by atoms with van der Waals surface area (Å²) in [5, 5.41) is 6.46. The second kappa shape index (κ2) is 8.50. The summed E-state index contributed by atoms with van der Waals surface area (Å²) in [4.78, 5) is 25.3. The molecule has 0 aliphatic carbocycles. The molecule has 0 aliphatic rings. The topological polar surface area (TPSA) is 79.8 Å². The van der Waals surface area contributed by atoms with Crippen LogP contribution in [0.5, 0.6) is 0 Å². The van der Waals surface area contributed by atoms with Gasteiger partial charge in [-0.15, -0.1) is 0 Å². The molecule has 33 heavy (non-hydrogen) atoms. The summed E-state index contributed by atoms with van der Waals surface area (Å²) in [5.74, 6) is -0.0160. The van der Waals surface area contributed by atoms with E-state index in [1.54, 1.807) is 31.6 Å². The molecule has 2 N–H and O–H groups in total. The van der Waals surface area contributed by atoms with Crippen molar-refractivity contribution in [3.63, 3.8) is 0 Å². The van der Waals surface area contributed by atoms with E-state index in [2.05, 4.69) is 25.6 Å². The Labute approximate surface area is 187 Å². The van der Waals surface area contributed by atoms with Crippen molar-refractivity contribution in [2.24, 2.45) is 0 Å². The van der Waals surface area contributed by atoms with Crippen molar-refractivity contribution < 1.29 is 18.0 Å². The van der Waals surface area contributed by atoms with Gasteiger partial charge in [-0.2, -0.15) is 13.2 Å². The molecule has 9 heteroatoms. The lowest BCUT2D eigenvalue weighted by molar-refractivity contribution is -0.138. The normalized spacial score (nSPS) is 11.5. The molecule has 0 bridgehead atoms. The molecule has 4 rings (SSSR count).